The molecule has 20 heavy (non-hydrogen) atoms. The summed E-state index contributed by atoms with van der Waals surface area (Å²) in [5.74, 6) is -2.76. The van der Waals surface area contributed by atoms with Crippen molar-refractivity contribution in [3.05, 3.63) is 34.9 Å². The van der Waals surface area contributed by atoms with Crippen molar-refractivity contribution in [2.24, 2.45) is 0 Å². The number of hydrogen-bond acceptors (Lipinski definition) is 5. The van der Waals surface area contributed by atoms with Crippen LogP contribution in [0.1, 0.15) is 40.1 Å². The number of carboxylic acid groups (broad SMARTS) is 1. The van der Waals surface area contributed by atoms with E-state index in [-0.39, 0.29) is 17.7 Å². The molecule has 0 bridgehead atoms. The van der Waals surface area contributed by atoms with E-state index in [2.05, 4.69) is 4.74 Å². The van der Waals surface area contributed by atoms with E-state index in [1.165, 1.54) is 12.1 Å². The smallest absolute Gasteiger partial charge is 0.341 e. The fourth-order valence-electron chi connectivity index (χ4n) is 1.57. The summed E-state index contributed by atoms with van der Waals surface area (Å²) in [6.45, 7) is 2.97. The first kappa shape index (κ1) is 15.7. The number of aliphatic carboxylic acids is 1. The first-order chi connectivity index (χ1) is 9.49. The van der Waals surface area contributed by atoms with Gasteiger partial charge in [0.1, 0.15) is 0 Å². The second-order valence-electron chi connectivity index (χ2n) is 3.92. The number of rotatable bonds is 6. The van der Waals surface area contributed by atoms with E-state index in [0.717, 1.165) is 5.56 Å². The summed E-state index contributed by atoms with van der Waals surface area (Å²) in [7, 11) is 0. The third-order valence-corrected chi connectivity index (χ3v) is 2.53. The van der Waals surface area contributed by atoms with Gasteiger partial charge in [-0.15, -0.1) is 0 Å². The number of aryl methyl sites for hydroxylation is 1. The molecule has 6 heteroatoms. The van der Waals surface area contributed by atoms with E-state index in [9.17, 15) is 14.4 Å². The largest absolute Gasteiger partial charge is 0.479 e. The lowest BCUT2D eigenvalue weighted by Crippen LogP contribution is -2.17. The third kappa shape index (κ3) is 4.08. The maximum atomic E-state index is 11.9. The highest BCUT2D eigenvalue weighted by Gasteiger charge is 2.20. The fraction of sp³-hybridized carbons (Fsp3) is 0.357. The normalized spacial score (nSPS) is 9.90. The zero-order chi connectivity index (χ0) is 15.1. The summed E-state index contributed by atoms with van der Waals surface area (Å²) in [6, 6.07) is 4.70. The third-order valence-electron chi connectivity index (χ3n) is 2.53. The average molecular weight is 280 g/mol. The number of hydrogen-bond donors (Lipinski definition) is 1. The highest BCUT2D eigenvalue weighted by Crippen LogP contribution is 2.15. The quantitative estimate of drug-likeness (QED) is 0.797. The molecule has 6 nitrogen and oxygen atoms in total. The van der Waals surface area contributed by atoms with Gasteiger partial charge in [0, 0.05) is 0 Å². The van der Waals surface area contributed by atoms with Crippen molar-refractivity contribution in [3.8, 4) is 0 Å². The Kier molecular flexibility index (Phi) is 5.71. The highest BCUT2D eigenvalue weighted by atomic mass is 16.6. The van der Waals surface area contributed by atoms with Crippen molar-refractivity contribution < 1.29 is 29.0 Å². The molecule has 108 valence electrons. The lowest BCUT2D eigenvalue weighted by atomic mass is 10.0. The van der Waals surface area contributed by atoms with Gasteiger partial charge < -0.3 is 14.6 Å². The van der Waals surface area contributed by atoms with Crippen LogP contribution in [0.3, 0.4) is 0 Å². The van der Waals surface area contributed by atoms with Crippen molar-refractivity contribution in [1.29, 1.82) is 0 Å². The van der Waals surface area contributed by atoms with Gasteiger partial charge in [0.2, 0.25) is 0 Å². The monoisotopic (exact) mass is 280 g/mol. The number of carboxylic acids is 1. The summed E-state index contributed by atoms with van der Waals surface area (Å²) in [6.07, 6.45) is 0.669. The Morgan fingerprint density at radius 3 is 2.25 bits per heavy atom. The Labute approximate surface area is 116 Å². The van der Waals surface area contributed by atoms with Crippen molar-refractivity contribution in [3.63, 3.8) is 0 Å². The zero-order valence-corrected chi connectivity index (χ0v) is 11.3. The minimum atomic E-state index is -1.26. The van der Waals surface area contributed by atoms with E-state index >= 15 is 0 Å². The molecule has 0 aromatic heterocycles. The molecule has 0 aliphatic heterocycles. The number of carbonyl (C=O) groups is 3. The summed E-state index contributed by atoms with van der Waals surface area (Å²) in [5, 5.41) is 8.50. The van der Waals surface area contributed by atoms with Crippen LogP contribution >= 0.6 is 0 Å². The summed E-state index contributed by atoms with van der Waals surface area (Å²) in [4.78, 5) is 34.0. The molecular weight excluding hydrogens is 264 g/mol. The second-order valence-corrected chi connectivity index (χ2v) is 3.92. The van der Waals surface area contributed by atoms with Crippen LogP contribution in [0.25, 0.3) is 0 Å². The van der Waals surface area contributed by atoms with E-state index in [1.807, 2.05) is 6.92 Å². The molecule has 0 fully saturated rings. The standard InChI is InChI=1S/C14H16O6/c1-3-9-5-6-10(13(17)19-4-2)11(7-9)14(18)20-8-12(15)16/h5-7H,3-4,8H2,1-2H3,(H,15,16). The van der Waals surface area contributed by atoms with Gasteiger partial charge in [-0.1, -0.05) is 13.0 Å². The number of carbonyl (C=O) groups excluding carboxylic acids is 2. The van der Waals surface area contributed by atoms with Gasteiger partial charge in [-0.25, -0.2) is 14.4 Å². The van der Waals surface area contributed by atoms with E-state index < -0.39 is 24.5 Å². The molecule has 0 heterocycles. The zero-order valence-electron chi connectivity index (χ0n) is 11.3. The van der Waals surface area contributed by atoms with Crippen molar-refractivity contribution in [1.82, 2.24) is 0 Å². The Morgan fingerprint density at radius 2 is 1.70 bits per heavy atom. The van der Waals surface area contributed by atoms with Crippen LogP contribution in [0.15, 0.2) is 18.2 Å². The summed E-state index contributed by atoms with van der Waals surface area (Å²) >= 11 is 0. The van der Waals surface area contributed by atoms with Gasteiger partial charge in [0.25, 0.3) is 0 Å². The number of benzene rings is 1. The van der Waals surface area contributed by atoms with Gasteiger partial charge in [-0.3, -0.25) is 0 Å². The topological polar surface area (TPSA) is 89.9 Å². The van der Waals surface area contributed by atoms with Crippen LogP contribution in [0.4, 0.5) is 0 Å². The Balaban J connectivity index is 3.08. The molecule has 1 aromatic carbocycles. The molecule has 0 atom stereocenters. The van der Waals surface area contributed by atoms with E-state index in [0.29, 0.717) is 6.42 Å². The Bertz CT molecular complexity index is 520. The van der Waals surface area contributed by atoms with E-state index in [1.54, 1.807) is 13.0 Å². The summed E-state index contributed by atoms with van der Waals surface area (Å²) < 4.78 is 9.47. The van der Waals surface area contributed by atoms with Crippen molar-refractivity contribution in [2.75, 3.05) is 13.2 Å². The Morgan fingerprint density at radius 1 is 1.05 bits per heavy atom. The average Bonchev–Trinajstić information content (AvgIpc) is 2.44. The predicted octanol–water partition coefficient (Wildman–Crippen LogP) is 1.67. The SMILES string of the molecule is CCOC(=O)c1ccc(CC)cc1C(=O)OCC(=O)O. The van der Waals surface area contributed by atoms with Crippen LogP contribution in [0.2, 0.25) is 0 Å². The molecular formula is C14H16O6. The lowest BCUT2D eigenvalue weighted by molar-refractivity contribution is -0.140. The Hall–Kier alpha value is -2.37. The van der Waals surface area contributed by atoms with Crippen LogP contribution in [0, 0.1) is 0 Å². The molecule has 0 radical (unpaired) electrons. The van der Waals surface area contributed by atoms with Crippen LogP contribution < -0.4 is 0 Å². The first-order valence-corrected chi connectivity index (χ1v) is 6.18. The molecule has 0 saturated carbocycles. The van der Waals surface area contributed by atoms with Crippen molar-refractivity contribution in [2.45, 2.75) is 20.3 Å². The minimum absolute atomic E-state index is 0.0176. The molecule has 0 saturated heterocycles. The maximum absolute atomic E-state index is 11.9. The van der Waals surface area contributed by atoms with Crippen LogP contribution in [0.5, 0.6) is 0 Å². The molecule has 1 aromatic rings. The van der Waals surface area contributed by atoms with Crippen LogP contribution in [-0.4, -0.2) is 36.2 Å². The van der Waals surface area contributed by atoms with Crippen LogP contribution in [-0.2, 0) is 20.7 Å². The van der Waals surface area contributed by atoms with Gasteiger partial charge >= 0.3 is 17.9 Å². The second kappa shape index (κ2) is 7.28. The molecule has 0 unspecified atom stereocenters. The molecule has 0 aliphatic rings. The van der Waals surface area contributed by atoms with Gasteiger partial charge in [-0.05, 0) is 31.0 Å². The number of esters is 2. The van der Waals surface area contributed by atoms with Gasteiger partial charge in [-0.2, -0.15) is 0 Å². The molecule has 0 spiro atoms. The van der Waals surface area contributed by atoms with E-state index in [4.69, 9.17) is 9.84 Å². The summed E-state index contributed by atoms with van der Waals surface area (Å²) in [5.41, 5.74) is 0.920. The molecule has 1 N–H and O–H groups in total. The number of ether oxygens (including phenoxy) is 2. The molecule has 1 rings (SSSR count). The predicted molar refractivity (Wildman–Crippen MR) is 69.7 cm³/mol. The molecule has 0 amide bonds. The molecule has 0 aliphatic carbocycles. The lowest BCUT2D eigenvalue weighted by Gasteiger charge is -2.09. The highest BCUT2D eigenvalue weighted by molar-refractivity contribution is 6.03. The fourth-order valence-corrected chi connectivity index (χ4v) is 1.57. The maximum Gasteiger partial charge on any atom is 0.341 e. The van der Waals surface area contributed by atoms with Crippen molar-refractivity contribution >= 4 is 17.9 Å². The van der Waals surface area contributed by atoms with Gasteiger partial charge in [0.15, 0.2) is 6.61 Å². The first-order valence-electron chi connectivity index (χ1n) is 6.18. The van der Waals surface area contributed by atoms with Gasteiger partial charge in [0.05, 0.1) is 17.7 Å². The minimum Gasteiger partial charge on any atom is -0.479 e.